The summed E-state index contributed by atoms with van der Waals surface area (Å²) < 4.78 is 20.9. The smallest absolute Gasteiger partial charge is 0.215 e. The Morgan fingerprint density at radius 3 is 2.50 bits per heavy atom. The zero-order valence-corrected chi connectivity index (χ0v) is 4.90. The van der Waals surface area contributed by atoms with E-state index in [0.29, 0.717) is 0 Å². The first-order chi connectivity index (χ1) is 3.71. The third-order valence-corrected chi connectivity index (χ3v) is 1.79. The molecule has 1 aliphatic heterocycles. The first-order valence-corrected chi connectivity index (χ1v) is 3.76. The molecule has 0 aromatic carbocycles. The maximum absolute atomic E-state index is 10.4. The molecule has 0 saturated carbocycles. The summed E-state index contributed by atoms with van der Waals surface area (Å²) in [5.41, 5.74) is 0. The van der Waals surface area contributed by atoms with Crippen molar-refractivity contribution in [2.75, 3.05) is 5.75 Å². The number of rotatable bonds is 0. The molecule has 0 fully saturated rings. The summed E-state index contributed by atoms with van der Waals surface area (Å²) in [7, 11) is -3.03. The van der Waals surface area contributed by atoms with Crippen LogP contribution < -0.4 is 0 Å². The molecule has 0 N–H and O–H groups in total. The SMILES string of the molecule is O=S1(=O)C#CC=CC1. The van der Waals surface area contributed by atoms with Crippen LogP contribution in [-0.4, -0.2) is 14.2 Å². The van der Waals surface area contributed by atoms with E-state index in [1.807, 2.05) is 0 Å². The average Bonchev–Trinajstić information content (AvgIpc) is 1.65. The van der Waals surface area contributed by atoms with Crippen LogP contribution in [0.25, 0.3) is 0 Å². The molecule has 0 aromatic rings. The second kappa shape index (κ2) is 1.64. The van der Waals surface area contributed by atoms with E-state index in [-0.39, 0.29) is 5.75 Å². The van der Waals surface area contributed by atoms with Crippen molar-refractivity contribution in [3.8, 4) is 11.2 Å². The molecule has 0 aliphatic carbocycles. The summed E-state index contributed by atoms with van der Waals surface area (Å²) in [6.07, 6.45) is 3.08. The van der Waals surface area contributed by atoms with Crippen LogP contribution in [0.1, 0.15) is 0 Å². The number of hydrogen-bond donors (Lipinski definition) is 0. The number of hydrogen-bond acceptors (Lipinski definition) is 2. The van der Waals surface area contributed by atoms with Crippen molar-refractivity contribution in [1.29, 1.82) is 0 Å². The number of sulfone groups is 1. The highest BCUT2D eigenvalue weighted by Gasteiger charge is 2.03. The highest BCUT2D eigenvalue weighted by molar-refractivity contribution is 7.96. The summed E-state index contributed by atoms with van der Waals surface area (Å²) in [6.45, 7) is 0. The quantitative estimate of drug-likeness (QED) is 0.338. The maximum Gasteiger partial charge on any atom is 0.220 e. The molecular weight excluding hydrogens is 124 g/mol. The van der Waals surface area contributed by atoms with Crippen LogP contribution >= 0.6 is 0 Å². The molecule has 0 bridgehead atoms. The third-order valence-electron chi connectivity index (χ3n) is 0.731. The molecule has 0 amide bonds. The van der Waals surface area contributed by atoms with Gasteiger partial charge in [-0.1, -0.05) is 12.0 Å². The van der Waals surface area contributed by atoms with Gasteiger partial charge in [0, 0.05) is 5.25 Å². The van der Waals surface area contributed by atoms with Gasteiger partial charge in [-0.3, -0.25) is 0 Å². The standard InChI is InChI=1S/C5H4O2S/c6-8(7)4-2-1-3-5-8/h1-2H,4H2. The van der Waals surface area contributed by atoms with Gasteiger partial charge < -0.3 is 0 Å². The highest BCUT2D eigenvalue weighted by Crippen LogP contribution is 1.91. The van der Waals surface area contributed by atoms with Gasteiger partial charge in [-0.2, -0.15) is 0 Å². The van der Waals surface area contributed by atoms with Gasteiger partial charge in [0.25, 0.3) is 0 Å². The van der Waals surface area contributed by atoms with Gasteiger partial charge in [0.05, 0.1) is 5.75 Å². The zero-order valence-electron chi connectivity index (χ0n) is 4.09. The van der Waals surface area contributed by atoms with Crippen molar-refractivity contribution >= 4 is 9.84 Å². The third kappa shape index (κ3) is 1.11. The van der Waals surface area contributed by atoms with E-state index >= 15 is 0 Å². The summed E-state index contributed by atoms with van der Waals surface area (Å²) in [5.74, 6) is 2.43. The summed E-state index contributed by atoms with van der Waals surface area (Å²) in [5, 5.41) is 2.09. The van der Waals surface area contributed by atoms with Crippen LogP contribution in [-0.2, 0) is 9.84 Å². The molecule has 8 heavy (non-hydrogen) atoms. The predicted molar refractivity (Wildman–Crippen MR) is 30.7 cm³/mol. The van der Waals surface area contributed by atoms with E-state index in [9.17, 15) is 8.42 Å². The predicted octanol–water partition coefficient (Wildman–Crippen LogP) is -0.0681. The second-order valence-corrected chi connectivity index (χ2v) is 3.20. The Morgan fingerprint density at radius 2 is 2.25 bits per heavy atom. The van der Waals surface area contributed by atoms with E-state index in [4.69, 9.17) is 0 Å². The minimum Gasteiger partial charge on any atom is -0.215 e. The molecule has 1 aliphatic rings. The molecule has 1 rings (SSSR count). The molecule has 0 aromatic heterocycles. The Balaban J connectivity index is 3.10. The topological polar surface area (TPSA) is 34.1 Å². The fourth-order valence-corrected chi connectivity index (χ4v) is 1.08. The molecular formula is C5H4O2S. The van der Waals surface area contributed by atoms with Crippen LogP contribution in [0.2, 0.25) is 0 Å². The van der Waals surface area contributed by atoms with Crippen LogP contribution in [0, 0.1) is 11.2 Å². The lowest BCUT2D eigenvalue weighted by Gasteiger charge is -1.89. The molecule has 0 atom stereocenters. The normalized spacial score (nSPS) is 21.5. The average molecular weight is 128 g/mol. The maximum atomic E-state index is 10.4. The fraction of sp³-hybridized carbons (Fsp3) is 0.200. The largest absolute Gasteiger partial charge is 0.220 e. The molecule has 0 radical (unpaired) electrons. The van der Waals surface area contributed by atoms with E-state index in [1.165, 1.54) is 6.08 Å². The molecule has 1 heterocycles. The highest BCUT2D eigenvalue weighted by atomic mass is 32.2. The van der Waals surface area contributed by atoms with E-state index in [2.05, 4.69) is 11.2 Å². The first kappa shape index (κ1) is 5.39. The van der Waals surface area contributed by atoms with Crippen LogP contribution in [0.15, 0.2) is 12.2 Å². The summed E-state index contributed by atoms with van der Waals surface area (Å²) >= 11 is 0. The van der Waals surface area contributed by atoms with Crippen molar-refractivity contribution in [2.24, 2.45) is 0 Å². The Labute approximate surface area is 48.1 Å². The van der Waals surface area contributed by atoms with Gasteiger partial charge in [0.15, 0.2) is 0 Å². The van der Waals surface area contributed by atoms with Crippen LogP contribution in [0.5, 0.6) is 0 Å². The van der Waals surface area contributed by atoms with Crippen LogP contribution in [0.3, 0.4) is 0 Å². The summed E-state index contributed by atoms with van der Waals surface area (Å²) in [6, 6.07) is 0. The second-order valence-electron chi connectivity index (χ2n) is 1.43. The van der Waals surface area contributed by atoms with Crippen molar-refractivity contribution in [2.45, 2.75) is 0 Å². The van der Waals surface area contributed by atoms with Crippen molar-refractivity contribution in [3.63, 3.8) is 0 Å². The number of allylic oxidation sites excluding steroid dienone is 1. The monoisotopic (exact) mass is 128 g/mol. The minimum atomic E-state index is -3.03. The van der Waals surface area contributed by atoms with Crippen molar-refractivity contribution < 1.29 is 8.42 Å². The van der Waals surface area contributed by atoms with Crippen molar-refractivity contribution in [3.05, 3.63) is 12.2 Å². The fourth-order valence-electron chi connectivity index (χ4n) is 0.399. The molecule has 42 valence electrons. The molecule has 0 spiro atoms. The Hall–Kier alpha value is -0.750. The zero-order chi connectivity index (χ0) is 6.04. The molecule has 2 nitrogen and oxygen atoms in total. The van der Waals surface area contributed by atoms with E-state index in [1.54, 1.807) is 6.08 Å². The molecule has 0 saturated heterocycles. The van der Waals surface area contributed by atoms with Gasteiger partial charge >= 0.3 is 0 Å². The Bertz CT molecular complexity index is 261. The van der Waals surface area contributed by atoms with Gasteiger partial charge in [0.1, 0.15) is 0 Å². The van der Waals surface area contributed by atoms with Gasteiger partial charge in [-0.15, -0.1) is 0 Å². The molecule has 3 heteroatoms. The first-order valence-electron chi connectivity index (χ1n) is 2.11. The minimum absolute atomic E-state index is 0.0694. The lowest BCUT2D eigenvalue weighted by molar-refractivity contribution is 0.608. The van der Waals surface area contributed by atoms with Gasteiger partial charge in [0.2, 0.25) is 9.84 Å². The lowest BCUT2D eigenvalue weighted by atomic mass is 10.5. The van der Waals surface area contributed by atoms with Crippen LogP contribution in [0.4, 0.5) is 0 Å². The lowest BCUT2D eigenvalue weighted by Crippen LogP contribution is -2.01. The Kier molecular flexibility index (Phi) is 1.10. The van der Waals surface area contributed by atoms with Gasteiger partial charge in [-0.25, -0.2) is 8.42 Å². The summed E-state index contributed by atoms with van der Waals surface area (Å²) in [4.78, 5) is 0. The van der Waals surface area contributed by atoms with E-state index < -0.39 is 9.84 Å². The van der Waals surface area contributed by atoms with Crippen molar-refractivity contribution in [1.82, 2.24) is 0 Å². The Morgan fingerprint density at radius 1 is 1.50 bits per heavy atom. The van der Waals surface area contributed by atoms with E-state index in [0.717, 1.165) is 0 Å². The van der Waals surface area contributed by atoms with Gasteiger partial charge in [-0.05, 0) is 6.08 Å². The molecule has 0 unspecified atom stereocenters.